The van der Waals surface area contributed by atoms with Gasteiger partial charge in [-0.25, -0.2) is 13.2 Å². The fraction of sp³-hybridized carbons (Fsp3) is 0.529. The Morgan fingerprint density at radius 2 is 1.62 bits per heavy atom. The highest BCUT2D eigenvalue weighted by Crippen LogP contribution is 2.28. The molecule has 0 saturated heterocycles. The van der Waals surface area contributed by atoms with E-state index in [1.54, 1.807) is 12.1 Å². The van der Waals surface area contributed by atoms with Gasteiger partial charge in [-0.3, -0.25) is 4.79 Å². The number of carboxylic acid groups (broad SMARTS) is 2. The third-order valence-corrected chi connectivity index (χ3v) is 4.23. The number of halogens is 1. The molecule has 0 bridgehead atoms. The molecule has 0 aromatic heterocycles. The molecule has 0 heterocycles. The van der Waals surface area contributed by atoms with Gasteiger partial charge in [-0.15, -0.1) is 0 Å². The predicted octanol–water partition coefficient (Wildman–Crippen LogP) is 3.29. The van der Waals surface area contributed by atoms with E-state index in [-0.39, 0.29) is 23.0 Å². The van der Waals surface area contributed by atoms with Crippen LogP contribution in [-0.4, -0.2) is 42.8 Å². The Morgan fingerprint density at radius 1 is 1.15 bits per heavy atom. The summed E-state index contributed by atoms with van der Waals surface area (Å²) in [6.07, 6.45) is 1.80. The van der Waals surface area contributed by atoms with Crippen molar-refractivity contribution in [1.82, 2.24) is 0 Å². The molecule has 1 aliphatic rings. The number of carbonyl (C=O) groups is 2. The summed E-state index contributed by atoms with van der Waals surface area (Å²) in [5, 5.41) is 16.2. The molecule has 2 N–H and O–H groups in total. The smallest absolute Gasteiger partial charge is 0.329 e. The van der Waals surface area contributed by atoms with E-state index in [4.69, 9.17) is 25.6 Å². The molecular weight excluding hydrogens is 384 g/mol. The Bertz CT molecular complexity index is 687. The quantitative estimate of drug-likeness (QED) is 0.733. The van der Waals surface area contributed by atoms with Gasteiger partial charge in [-0.2, -0.15) is 0 Å². The van der Waals surface area contributed by atoms with E-state index in [1.807, 2.05) is 27.7 Å². The maximum atomic E-state index is 10.7. The van der Waals surface area contributed by atoms with Gasteiger partial charge in [0.05, 0.1) is 16.4 Å². The Kier molecular flexibility index (Phi) is 9.83. The molecule has 0 amide bonds. The minimum absolute atomic E-state index is 0.0185. The molecule has 1 saturated carbocycles. The van der Waals surface area contributed by atoms with Crippen LogP contribution in [0.4, 0.5) is 0 Å². The molecule has 148 valence electrons. The molecule has 1 aliphatic carbocycles. The average Bonchev–Trinajstić information content (AvgIpc) is 3.30. The lowest BCUT2D eigenvalue weighted by Gasteiger charge is -2.17. The summed E-state index contributed by atoms with van der Waals surface area (Å²) in [5.74, 6) is -1.54. The van der Waals surface area contributed by atoms with Gasteiger partial charge in [0, 0.05) is 10.7 Å². The molecule has 1 fully saturated rings. The lowest BCUT2D eigenvalue weighted by molar-refractivity contribution is -0.147. The zero-order valence-electron chi connectivity index (χ0n) is 15.2. The Hall–Kier alpha value is -1.64. The molecule has 0 radical (unpaired) electrons. The molecule has 26 heavy (non-hydrogen) atoms. The lowest BCUT2D eigenvalue weighted by atomic mass is 10.2. The first-order chi connectivity index (χ1) is 11.7. The number of aryl methyl sites for hydroxylation is 1. The Balaban J connectivity index is 0.000000376. The fourth-order valence-electron chi connectivity index (χ4n) is 1.31. The minimum Gasteiger partial charge on any atom is -0.481 e. The number of rotatable bonds is 4. The van der Waals surface area contributed by atoms with Gasteiger partial charge >= 0.3 is 11.9 Å². The van der Waals surface area contributed by atoms with Crippen molar-refractivity contribution >= 4 is 31.7 Å². The molecule has 1 aromatic carbocycles. The lowest BCUT2D eigenvalue weighted by Crippen LogP contribution is -2.23. The van der Waals surface area contributed by atoms with Crippen molar-refractivity contribution in [2.45, 2.75) is 51.0 Å². The molecule has 0 spiro atoms. The van der Waals surface area contributed by atoms with Gasteiger partial charge in [-0.05, 0) is 52.7 Å². The standard InChI is InChI=1S/C7H7ClO2S.C6H12O3.C4H6O2/c1-6-2-4-7(5-3-6)11(8,9)10;1-6(2,3)9-4-5(7)8;5-4(6)3-1-2-3/h2-5H,1H3;4H2,1-3H3,(H,7,8);3H,1-2H2,(H,5,6). The van der Waals surface area contributed by atoms with Crippen molar-refractivity contribution in [3.8, 4) is 0 Å². The first-order valence-electron chi connectivity index (χ1n) is 7.82. The van der Waals surface area contributed by atoms with Crippen LogP contribution in [0.15, 0.2) is 29.2 Å². The monoisotopic (exact) mass is 408 g/mol. The predicted molar refractivity (Wildman–Crippen MR) is 97.9 cm³/mol. The molecule has 2 rings (SSSR count). The highest BCUT2D eigenvalue weighted by molar-refractivity contribution is 8.13. The zero-order chi connectivity index (χ0) is 20.5. The number of carboxylic acids is 2. The molecular formula is C17H25ClO7S. The van der Waals surface area contributed by atoms with Gasteiger partial charge in [0.2, 0.25) is 0 Å². The van der Waals surface area contributed by atoms with Crippen LogP contribution < -0.4 is 0 Å². The maximum Gasteiger partial charge on any atom is 0.329 e. The second-order valence-corrected chi connectivity index (χ2v) is 9.22. The Morgan fingerprint density at radius 3 is 1.81 bits per heavy atom. The second kappa shape index (κ2) is 10.5. The van der Waals surface area contributed by atoms with Crippen LogP contribution in [0.2, 0.25) is 0 Å². The van der Waals surface area contributed by atoms with E-state index in [9.17, 15) is 18.0 Å². The number of ether oxygens (including phenoxy) is 1. The largest absolute Gasteiger partial charge is 0.481 e. The average molecular weight is 409 g/mol. The molecule has 9 heteroatoms. The SMILES string of the molecule is CC(C)(C)OCC(=O)O.Cc1ccc(S(=O)(=O)Cl)cc1.O=C(O)C1CC1. The number of aliphatic carboxylic acids is 2. The maximum absolute atomic E-state index is 10.7. The van der Waals surface area contributed by atoms with E-state index in [1.165, 1.54) is 12.1 Å². The van der Waals surface area contributed by atoms with Crippen LogP contribution in [0, 0.1) is 12.8 Å². The van der Waals surface area contributed by atoms with Gasteiger partial charge < -0.3 is 14.9 Å². The molecule has 0 unspecified atom stereocenters. The van der Waals surface area contributed by atoms with Crippen molar-refractivity contribution in [3.05, 3.63) is 29.8 Å². The van der Waals surface area contributed by atoms with Crippen molar-refractivity contribution < 1.29 is 33.0 Å². The van der Waals surface area contributed by atoms with Gasteiger partial charge in [0.15, 0.2) is 0 Å². The molecule has 0 aliphatic heterocycles. The van der Waals surface area contributed by atoms with E-state index in [0.717, 1.165) is 18.4 Å². The van der Waals surface area contributed by atoms with Crippen molar-refractivity contribution in [3.63, 3.8) is 0 Å². The topological polar surface area (TPSA) is 118 Å². The van der Waals surface area contributed by atoms with Crippen molar-refractivity contribution in [2.24, 2.45) is 5.92 Å². The summed E-state index contributed by atoms with van der Waals surface area (Å²) < 4.78 is 26.3. The second-order valence-electron chi connectivity index (χ2n) is 6.66. The summed E-state index contributed by atoms with van der Waals surface area (Å²) in [6, 6.07) is 6.37. The van der Waals surface area contributed by atoms with Crippen LogP contribution in [0.1, 0.15) is 39.2 Å². The highest BCUT2D eigenvalue weighted by Gasteiger charge is 2.28. The molecule has 7 nitrogen and oxygen atoms in total. The summed E-state index contributed by atoms with van der Waals surface area (Å²) >= 11 is 0. The third-order valence-electron chi connectivity index (χ3n) is 2.86. The summed E-state index contributed by atoms with van der Waals surface area (Å²) in [6.45, 7) is 7.11. The van der Waals surface area contributed by atoms with Crippen LogP contribution in [0.5, 0.6) is 0 Å². The van der Waals surface area contributed by atoms with Gasteiger partial charge in [0.1, 0.15) is 6.61 Å². The van der Waals surface area contributed by atoms with Gasteiger partial charge in [-0.1, -0.05) is 17.7 Å². The number of hydrogen-bond donors (Lipinski definition) is 2. The molecule has 1 aromatic rings. The number of benzene rings is 1. The first kappa shape index (κ1) is 24.4. The van der Waals surface area contributed by atoms with Crippen molar-refractivity contribution in [1.29, 1.82) is 0 Å². The van der Waals surface area contributed by atoms with E-state index in [0.29, 0.717) is 0 Å². The fourth-order valence-corrected chi connectivity index (χ4v) is 2.08. The van der Waals surface area contributed by atoms with E-state index in [2.05, 4.69) is 0 Å². The zero-order valence-corrected chi connectivity index (χ0v) is 16.8. The van der Waals surface area contributed by atoms with E-state index >= 15 is 0 Å². The van der Waals surface area contributed by atoms with Crippen LogP contribution in [0.25, 0.3) is 0 Å². The van der Waals surface area contributed by atoms with Crippen molar-refractivity contribution in [2.75, 3.05) is 6.61 Å². The summed E-state index contributed by atoms with van der Waals surface area (Å²) in [7, 11) is 1.54. The van der Waals surface area contributed by atoms with Crippen LogP contribution >= 0.6 is 10.7 Å². The first-order valence-corrected chi connectivity index (χ1v) is 10.1. The van der Waals surface area contributed by atoms with Gasteiger partial charge in [0.25, 0.3) is 9.05 Å². The van der Waals surface area contributed by atoms with Crippen LogP contribution in [0.3, 0.4) is 0 Å². The van der Waals surface area contributed by atoms with E-state index < -0.39 is 21.0 Å². The van der Waals surface area contributed by atoms with Crippen LogP contribution in [-0.2, 0) is 23.4 Å². The minimum atomic E-state index is -3.55. The Labute approximate surface area is 158 Å². The normalized spacial score (nSPS) is 13.6. The summed E-state index contributed by atoms with van der Waals surface area (Å²) in [4.78, 5) is 19.8. The summed E-state index contributed by atoms with van der Waals surface area (Å²) in [5.41, 5.74) is 0.660. The molecule has 0 atom stereocenters. The highest BCUT2D eigenvalue weighted by atomic mass is 35.7. The third kappa shape index (κ3) is 13.6. The number of hydrogen-bond acceptors (Lipinski definition) is 5.